The molecule has 0 aliphatic rings. The molecule has 0 unspecified atom stereocenters. The Balaban J connectivity index is 2.63. The van der Waals surface area contributed by atoms with Gasteiger partial charge in [-0.3, -0.25) is 0 Å². The second-order valence-corrected chi connectivity index (χ2v) is 4.82. The van der Waals surface area contributed by atoms with Crippen LogP contribution in [0.5, 0.6) is 0 Å². The summed E-state index contributed by atoms with van der Waals surface area (Å²) in [6.07, 6.45) is 0. The molecule has 2 rings (SSSR count). The van der Waals surface area contributed by atoms with Crippen LogP contribution in [0.2, 0.25) is 5.02 Å². The summed E-state index contributed by atoms with van der Waals surface area (Å²) in [6.45, 7) is 1.98. The highest BCUT2D eigenvalue weighted by molar-refractivity contribution is 9.10. The lowest BCUT2D eigenvalue weighted by molar-refractivity contribution is 0.631. The van der Waals surface area contributed by atoms with Crippen LogP contribution in [0.3, 0.4) is 0 Å². The van der Waals surface area contributed by atoms with Crippen molar-refractivity contribution in [2.75, 3.05) is 0 Å². The zero-order valence-electron chi connectivity index (χ0n) is 8.60. The maximum atomic E-state index is 13.7. The molecule has 0 fully saturated rings. The molecule has 16 heavy (non-hydrogen) atoms. The zero-order valence-corrected chi connectivity index (χ0v) is 10.9. The molecule has 0 aromatic heterocycles. The van der Waals surface area contributed by atoms with E-state index in [-0.39, 0.29) is 5.82 Å². The monoisotopic (exact) mass is 298 g/mol. The van der Waals surface area contributed by atoms with E-state index in [1.807, 2.05) is 25.1 Å². The first-order chi connectivity index (χ1) is 7.59. The molecule has 0 heterocycles. The van der Waals surface area contributed by atoms with Gasteiger partial charge in [0.05, 0.1) is 5.02 Å². The molecule has 0 N–H and O–H groups in total. The standard InChI is InChI=1S/C13H9BrClF/c1-8-5-6-9(7-10(8)14)13-11(15)3-2-4-12(13)16/h2-7H,1H3. The fraction of sp³-hybridized carbons (Fsp3) is 0.0769. The summed E-state index contributed by atoms with van der Waals surface area (Å²) < 4.78 is 14.6. The molecule has 82 valence electrons. The van der Waals surface area contributed by atoms with Gasteiger partial charge < -0.3 is 0 Å². The highest BCUT2D eigenvalue weighted by atomic mass is 79.9. The third-order valence-electron chi connectivity index (χ3n) is 2.42. The molecule has 0 bridgehead atoms. The van der Waals surface area contributed by atoms with Gasteiger partial charge in [-0.15, -0.1) is 0 Å². The van der Waals surface area contributed by atoms with Gasteiger partial charge in [0.25, 0.3) is 0 Å². The van der Waals surface area contributed by atoms with E-state index in [2.05, 4.69) is 15.9 Å². The van der Waals surface area contributed by atoms with E-state index in [0.29, 0.717) is 10.6 Å². The molecule has 0 amide bonds. The van der Waals surface area contributed by atoms with Crippen LogP contribution in [-0.2, 0) is 0 Å². The largest absolute Gasteiger partial charge is 0.206 e. The molecule has 0 spiro atoms. The third-order valence-corrected chi connectivity index (χ3v) is 3.59. The summed E-state index contributed by atoms with van der Waals surface area (Å²) >= 11 is 9.43. The quantitative estimate of drug-likeness (QED) is 0.677. The number of benzene rings is 2. The van der Waals surface area contributed by atoms with Crippen LogP contribution < -0.4 is 0 Å². The Morgan fingerprint density at radius 3 is 2.56 bits per heavy atom. The number of halogens is 3. The van der Waals surface area contributed by atoms with Gasteiger partial charge in [0.2, 0.25) is 0 Å². The number of hydrogen-bond acceptors (Lipinski definition) is 0. The van der Waals surface area contributed by atoms with Crippen molar-refractivity contribution >= 4 is 27.5 Å². The average molecular weight is 300 g/mol. The number of rotatable bonds is 1. The Morgan fingerprint density at radius 2 is 1.94 bits per heavy atom. The van der Waals surface area contributed by atoms with Crippen LogP contribution in [0.25, 0.3) is 11.1 Å². The molecule has 3 heteroatoms. The number of aryl methyl sites for hydroxylation is 1. The molecule has 0 nitrogen and oxygen atoms in total. The highest BCUT2D eigenvalue weighted by Gasteiger charge is 2.10. The Hall–Kier alpha value is -0.860. The van der Waals surface area contributed by atoms with Crippen LogP contribution in [0.15, 0.2) is 40.9 Å². The smallest absolute Gasteiger partial charge is 0.132 e. The normalized spacial score (nSPS) is 10.5. The van der Waals surface area contributed by atoms with E-state index >= 15 is 0 Å². The van der Waals surface area contributed by atoms with Crippen molar-refractivity contribution in [2.45, 2.75) is 6.92 Å². The second-order valence-electron chi connectivity index (χ2n) is 3.56. The molecule has 0 saturated carbocycles. The van der Waals surface area contributed by atoms with Crippen molar-refractivity contribution in [1.29, 1.82) is 0 Å². The molecular formula is C13H9BrClF. The van der Waals surface area contributed by atoms with Gasteiger partial charge in [-0.05, 0) is 36.2 Å². The van der Waals surface area contributed by atoms with Crippen LogP contribution in [0.4, 0.5) is 4.39 Å². The second kappa shape index (κ2) is 4.56. The predicted octanol–water partition coefficient (Wildman–Crippen LogP) is 5.22. The Bertz CT molecular complexity index is 517. The molecule has 2 aromatic rings. The Morgan fingerprint density at radius 1 is 1.19 bits per heavy atom. The first kappa shape index (κ1) is 11.6. The van der Waals surface area contributed by atoms with E-state index in [4.69, 9.17) is 11.6 Å². The van der Waals surface area contributed by atoms with E-state index in [0.717, 1.165) is 15.6 Å². The van der Waals surface area contributed by atoms with Crippen LogP contribution >= 0.6 is 27.5 Å². The summed E-state index contributed by atoms with van der Waals surface area (Å²) in [6, 6.07) is 10.4. The lowest BCUT2D eigenvalue weighted by Crippen LogP contribution is -1.86. The summed E-state index contributed by atoms with van der Waals surface area (Å²) in [5, 5.41) is 0.427. The topological polar surface area (TPSA) is 0 Å². The summed E-state index contributed by atoms with van der Waals surface area (Å²) in [4.78, 5) is 0. The Kier molecular flexibility index (Phi) is 3.31. The molecule has 0 saturated heterocycles. The average Bonchev–Trinajstić information content (AvgIpc) is 2.23. The SMILES string of the molecule is Cc1ccc(-c2c(F)cccc2Cl)cc1Br. The van der Waals surface area contributed by atoms with Crippen LogP contribution in [-0.4, -0.2) is 0 Å². The van der Waals surface area contributed by atoms with Crippen molar-refractivity contribution in [3.05, 3.63) is 57.3 Å². The lowest BCUT2D eigenvalue weighted by Gasteiger charge is -2.07. The third kappa shape index (κ3) is 2.13. The van der Waals surface area contributed by atoms with Crippen molar-refractivity contribution < 1.29 is 4.39 Å². The Labute approximate surface area is 107 Å². The summed E-state index contributed by atoms with van der Waals surface area (Å²) in [5.74, 6) is -0.303. The van der Waals surface area contributed by atoms with Crippen molar-refractivity contribution in [3.63, 3.8) is 0 Å². The van der Waals surface area contributed by atoms with Crippen molar-refractivity contribution in [3.8, 4) is 11.1 Å². The van der Waals surface area contributed by atoms with Gasteiger partial charge in [-0.2, -0.15) is 0 Å². The first-order valence-electron chi connectivity index (χ1n) is 4.80. The fourth-order valence-corrected chi connectivity index (χ4v) is 2.17. The maximum Gasteiger partial charge on any atom is 0.132 e. The molecular weight excluding hydrogens is 290 g/mol. The minimum absolute atomic E-state index is 0.303. The predicted molar refractivity (Wildman–Crippen MR) is 69.3 cm³/mol. The molecule has 2 aromatic carbocycles. The van der Waals surface area contributed by atoms with Crippen LogP contribution in [0, 0.1) is 12.7 Å². The minimum atomic E-state index is -0.303. The molecule has 0 radical (unpaired) electrons. The first-order valence-corrected chi connectivity index (χ1v) is 5.97. The van der Waals surface area contributed by atoms with Crippen LogP contribution in [0.1, 0.15) is 5.56 Å². The highest BCUT2D eigenvalue weighted by Crippen LogP contribution is 2.32. The molecule has 0 aliphatic carbocycles. The molecule has 0 aliphatic heterocycles. The summed E-state index contributed by atoms with van der Waals surface area (Å²) in [5.41, 5.74) is 2.33. The molecule has 0 atom stereocenters. The zero-order chi connectivity index (χ0) is 11.7. The van der Waals surface area contributed by atoms with Gasteiger partial charge >= 0.3 is 0 Å². The van der Waals surface area contributed by atoms with Gasteiger partial charge in [0, 0.05) is 10.0 Å². The van der Waals surface area contributed by atoms with E-state index in [1.54, 1.807) is 12.1 Å². The van der Waals surface area contributed by atoms with Gasteiger partial charge in [-0.1, -0.05) is 45.7 Å². The van der Waals surface area contributed by atoms with E-state index in [9.17, 15) is 4.39 Å². The van der Waals surface area contributed by atoms with E-state index in [1.165, 1.54) is 6.07 Å². The van der Waals surface area contributed by atoms with Crippen molar-refractivity contribution in [1.82, 2.24) is 0 Å². The van der Waals surface area contributed by atoms with Crippen molar-refractivity contribution in [2.24, 2.45) is 0 Å². The van der Waals surface area contributed by atoms with Gasteiger partial charge in [0.15, 0.2) is 0 Å². The maximum absolute atomic E-state index is 13.7. The van der Waals surface area contributed by atoms with Gasteiger partial charge in [0.1, 0.15) is 5.82 Å². The minimum Gasteiger partial charge on any atom is -0.206 e. The lowest BCUT2D eigenvalue weighted by atomic mass is 10.0. The van der Waals surface area contributed by atoms with Gasteiger partial charge in [-0.25, -0.2) is 4.39 Å². The summed E-state index contributed by atoms with van der Waals surface area (Å²) in [7, 11) is 0. The fourth-order valence-electron chi connectivity index (χ4n) is 1.52. The van der Waals surface area contributed by atoms with E-state index < -0.39 is 0 Å². The number of hydrogen-bond donors (Lipinski definition) is 0.